The van der Waals surface area contributed by atoms with Crippen molar-refractivity contribution in [2.45, 2.75) is 44.8 Å². The lowest BCUT2D eigenvalue weighted by molar-refractivity contribution is 0.111. The lowest BCUT2D eigenvalue weighted by Gasteiger charge is -2.41. The van der Waals surface area contributed by atoms with E-state index in [4.69, 9.17) is 5.73 Å². The van der Waals surface area contributed by atoms with Gasteiger partial charge in [-0.25, -0.2) is 0 Å². The summed E-state index contributed by atoms with van der Waals surface area (Å²) in [6.45, 7) is 5.51. The van der Waals surface area contributed by atoms with E-state index in [2.05, 4.69) is 47.3 Å². The van der Waals surface area contributed by atoms with Crippen LogP contribution in [0.1, 0.15) is 48.5 Å². The first-order valence-corrected chi connectivity index (χ1v) is 8.58. The van der Waals surface area contributed by atoms with Gasteiger partial charge in [0.15, 0.2) is 0 Å². The molecule has 0 bridgehead atoms. The van der Waals surface area contributed by atoms with Crippen molar-refractivity contribution in [2.24, 2.45) is 5.73 Å². The van der Waals surface area contributed by atoms with Crippen LogP contribution in [0.4, 0.5) is 0 Å². The average Bonchev–Trinajstić information content (AvgIpc) is 3.00. The van der Waals surface area contributed by atoms with Gasteiger partial charge in [-0.05, 0) is 48.9 Å². The monoisotopic (exact) mass is 301 g/mol. The third-order valence-electron chi connectivity index (χ3n) is 4.55. The molecule has 3 rings (SSSR count). The van der Waals surface area contributed by atoms with Crippen LogP contribution >= 0.6 is 11.3 Å². The van der Waals surface area contributed by atoms with Crippen molar-refractivity contribution in [1.29, 1.82) is 0 Å². The second-order valence-corrected chi connectivity index (χ2v) is 6.74. The van der Waals surface area contributed by atoms with Gasteiger partial charge < -0.3 is 5.73 Å². The Balaban J connectivity index is 1.94. The van der Waals surface area contributed by atoms with Crippen LogP contribution in [0, 0.1) is 0 Å². The molecule has 4 heteroatoms. The molecule has 3 unspecified atom stereocenters. The quantitative estimate of drug-likeness (QED) is 0.939. The highest BCUT2D eigenvalue weighted by atomic mass is 32.1. The van der Waals surface area contributed by atoms with Crippen LogP contribution in [-0.4, -0.2) is 22.5 Å². The maximum atomic E-state index is 6.46. The largest absolute Gasteiger partial charge is 0.326 e. The van der Waals surface area contributed by atoms with Crippen LogP contribution in [0.5, 0.6) is 0 Å². The van der Waals surface area contributed by atoms with E-state index in [9.17, 15) is 0 Å². The second-order valence-electron chi connectivity index (χ2n) is 5.73. The van der Waals surface area contributed by atoms with Crippen LogP contribution in [0.3, 0.4) is 0 Å². The molecule has 3 heterocycles. The first kappa shape index (κ1) is 14.7. The van der Waals surface area contributed by atoms with Crippen LogP contribution in [0.15, 0.2) is 35.8 Å². The van der Waals surface area contributed by atoms with Gasteiger partial charge in [-0.3, -0.25) is 9.88 Å². The van der Waals surface area contributed by atoms with Gasteiger partial charge >= 0.3 is 0 Å². The number of hydrogen-bond acceptors (Lipinski definition) is 4. The van der Waals surface area contributed by atoms with Crippen molar-refractivity contribution < 1.29 is 0 Å². The van der Waals surface area contributed by atoms with E-state index in [1.54, 1.807) is 0 Å². The van der Waals surface area contributed by atoms with Crippen LogP contribution in [-0.2, 0) is 6.42 Å². The van der Waals surface area contributed by atoms with Crippen molar-refractivity contribution in [3.63, 3.8) is 0 Å². The van der Waals surface area contributed by atoms with Crippen LogP contribution in [0.2, 0.25) is 0 Å². The lowest BCUT2D eigenvalue weighted by Crippen LogP contribution is -2.45. The first-order valence-electron chi connectivity index (χ1n) is 7.71. The normalized spacial score (nSPS) is 21.8. The van der Waals surface area contributed by atoms with Crippen molar-refractivity contribution in [3.8, 4) is 0 Å². The summed E-state index contributed by atoms with van der Waals surface area (Å²) in [5.74, 6) is 0. The molecule has 21 heavy (non-hydrogen) atoms. The molecule has 0 saturated heterocycles. The van der Waals surface area contributed by atoms with E-state index in [0.717, 1.165) is 25.1 Å². The zero-order valence-corrected chi connectivity index (χ0v) is 13.5. The number of hydrogen-bond donors (Lipinski definition) is 1. The molecule has 2 aromatic heterocycles. The van der Waals surface area contributed by atoms with Gasteiger partial charge in [0.2, 0.25) is 0 Å². The Morgan fingerprint density at radius 3 is 3.00 bits per heavy atom. The fraction of sp³-hybridized carbons (Fsp3) is 0.471. The SMILES string of the molecule is CCC(N)C(c1ccccn1)N1CCc2sccc2C1C. The minimum absolute atomic E-state index is 0.113. The molecule has 0 radical (unpaired) electrons. The molecule has 3 atom stereocenters. The van der Waals surface area contributed by atoms with Gasteiger partial charge in [0.05, 0.1) is 11.7 Å². The van der Waals surface area contributed by atoms with Gasteiger partial charge in [0.25, 0.3) is 0 Å². The van der Waals surface area contributed by atoms with Crippen molar-refractivity contribution in [2.75, 3.05) is 6.54 Å². The summed E-state index contributed by atoms with van der Waals surface area (Å²) in [5, 5.41) is 2.21. The molecule has 0 saturated carbocycles. The molecule has 0 amide bonds. The van der Waals surface area contributed by atoms with Crippen molar-refractivity contribution >= 4 is 11.3 Å². The Labute approximate surface area is 130 Å². The van der Waals surface area contributed by atoms with E-state index in [-0.39, 0.29) is 12.1 Å². The third kappa shape index (κ3) is 2.76. The van der Waals surface area contributed by atoms with E-state index >= 15 is 0 Å². The fourth-order valence-electron chi connectivity index (χ4n) is 3.32. The summed E-state index contributed by atoms with van der Waals surface area (Å²) in [5.41, 5.74) is 9.02. The summed E-state index contributed by atoms with van der Waals surface area (Å²) < 4.78 is 0. The second kappa shape index (κ2) is 6.26. The van der Waals surface area contributed by atoms with E-state index < -0.39 is 0 Å². The number of nitrogens with two attached hydrogens (primary N) is 1. The summed E-state index contributed by atoms with van der Waals surface area (Å²) in [6, 6.07) is 9.11. The van der Waals surface area contributed by atoms with Gasteiger partial charge in [-0.1, -0.05) is 13.0 Å². The highest BCUT2D eigenvalue weighted by molar-refractivity contribution is 7.10. The fourth-order valence-corrected chi connectivity index (χ4v) is 4.28. The van der Waals surface area contributed by atoms with Crippen LogP contribution in [0.25, 0.3) is 0 Å². The van der Waals surface area contributed by atoms with Gasteiger partial charge in [0.1, 0.15) is 0 Å². The summed E-state index contributed by atoms with van der Waals surface area (Å²) in [7, 11) is 0. The molecule has 2 N–H and O–H groups in total. The van der Waals surface area contributed by atoms with Gasteiger partial charge in [-0.15, -0.1) is 11.3 Å². The zero-order chi connectivity index (χ0) is 14.8. The maximum Gasteiger partial charge on any atom is 0.0678 e. The minimum atomic E-state index is 0.113. The zero-order valence-electron chi connectivity index (χ0n) is 12.7. The molecule has 0 fully saturated rings. The Hall–Kier alpha value is -1.23. The Kier molecular flexibility index (Phi) is 4.38. The Morgan fingerprint density at radius 2 is 2.29 bits per heavy atom. The predicted molar refractivity (Wildman–Crippen MR) is 88.4 cm³/mol. The van der Waals surface area contributed by atoms with E-state index in [1.165, 1.54) is 10.4 Å². The smallest absolute Gasteiger partial charge is 0.0678 e. The molecule has 3 nitrogen and oxygen atoms in total. The molecular weight excluding hydrogens is 278 g/mol. The van der Waals surface area contributed by atoms with Crippen molar-refractivity contribution in [3.05, 3.63) is 52.0 Å². The number of pyridine rings is 1. The summed E-state index contributed by atoms with van der Waals surface area (Å²) in [6.07, 6.45) is 3.95. The number of fused-ring (bicyclic) bond motifs is 1. The minimum Gasteiger partial charge on any atom is -0.326 e. The van der Waals surface area contributed by atoms with E-state index in [0.29, 0.717) is 6.04 Å². The van der Waals surface area contributed by atoms with Crippen molar-refractivity contribution in [1.82, 2.24) is 9.88 Å². The van der Waals surface area contributed by atoms with Gasteiger partial charge in [0, 0.05) is 29.7 Å². The molecule has 0 aromatic carbocycles. The topological polar surface area (TPSA) is 42.1 Å². The molecular formula is C17H23N3S. The highest BCUT2D eigenvalue weighted by Gasteiger charge is 2.34. The van der Waals surface area contributed by atoms with Crippen LogP contribution < -0.4 is 5.73 Å². The average molecular weight is 301 g/mol. The standard InChI is InChI=1S/C17H23N3S/c1-3-14(18)17(15-6-4-5-9-19-15)20-10-7-16-13(12(20)2)8-11-21-16/h4-6,8-9,11-12,14,17H,3,7,10,18H2,1-2H3. The lowest BCUT2D eigenvalue weighted by atomic mass is 9.93. The molecule has 1 aliphatic heterocycles. The predicted octanol–water partition coefficient (Wildman–Crippen LogP) is 3.54. The van der Waals surface area contributed by atoms with Gasteiger partial charge in [-0.2, -0.15) is 0 Å². The first-order chi connectivity index (χ1) is 10.2. The molecule has 0 spiro atoms. The number of rotatable bonds is 4. The van der Waals surface area contributed by atoms with E-state index in [1.807, 2.05) is 23.6 Å². The molecule has 0 aliphatic carbocycles. The third-order valence-corrected chi connectivity index (χ3v) is 5.55. The Bertz CT molecular complexity index is 581. The number of nitrogens with zero attached hydrogens (tertiary/aromatic N) is 2. The molecule has 1 aliphatic rings. The maximum absolute atomic E-state index is 6.46. The highest BCUT2D eigenvalue weighted by Crippen LogP contribution is 2.38. The Morgan fingerprint density at radius 1 is 1.43 bits per heavy atom. The number of thiophene rings is 1. The number of aromatic nitrogens is 1. The summed E-state index contributed by atoms with van der Waals surface area (Å²) >= 11 is 1.88. The molecule has 112 valence electrons. The summed E-state index contributed by atoms with van der Waals surface area (Å²) in [4.78, 5) is 8.65. The molecule has 2 aromatic rings.